The van der Waals surface area contributed by atoms with E-state index in [-0.39, 0.29) is 17.9 Å². The molecular formula is C21H19F3N2O3S2. The zero-order valence-corrected chi connectivity index (χ0v) is 18.3. The number of rotatable bonds is 6. The molecular weight excluding hydrogens is 449 g/mol. The van der Waals surface area contributed by atoms with Crippen molar-refractivity contribution in [3.05, 3.63) is 65.9 Å². The zero-order chi connectivity index (χ0) is 22.8. The van der Waals surface area contributed by atoms with Crippen molar-refractivity contribution in [2.45, 2.75) is 24.4 Å². The summed E-state index contributed by atoms with van der Waals surface area (Å²) < 4.78 is 63.8. The molecule has 0 aliphatic carbocycles. The Kier molecular flexibility index (Phi) is 6.61. The number of sulfonamides is 1. The number of hydrogen-bond acceptors (Lipinski definition) is 5. The minimum atomic E-state index is -4.46. The van der Waals surface area contributed by atoms with Crippen LogP contribution in [0.25, 0.3) is 10.9 Å². The molecule has 0 spiro atoms. The summed E-state index contributed by atoms with van der Waals surface area (Å²) in [4.78, 5) is 17.4. The van der Waals surface area contributed by atoms with Crippen LogP contribution in [0.4, 0.5) is 18.9 Å². The van der Waals surface area contributed by atoms with E-state index >= 15 is 0 Å². The summed E-state index contributed by atoms with van der Waals surface area (Å²) in [5.74, 6) is -0.540. The van der Waals surface area contributed by atoms with Crippen LogP contribution in [0.5, 0.6) is 0 Å². The van der Waals surface area contributed by atoms with E-state index in [0.717, 1.165) is 40.1 Å². The third-order valence-electron chi connectivity index (χ3n) is 4.35. The summed E-state index contributed by atoms with van der Waals surface area (Å²) >= 11 is 1.05. The number of halogens is 3. The van der Waals surface area contributed by atoms with Crippen LogP contribution in [0.3, 0.4) is 0 Å². The normalized spacial score (nSPS) is 12.2. The van der Waals surface area contributed by atoms with Crippen LogP contribution in [0.2, 0.25) is 0 Å². The van der Waals surface area contributed by atoms with Crippen molar-refractivity contribution < 1.29 is 26.4 Å². The molecule has 0 aliphatic rings. The standard InChI is InChI=1S/C21H19F3N2O3S2/c1-14-6-7-15-12-17(8-9-19(15)25-14)26(31(2,28)29)20(27)10-11-30-18-5-3-4-16(13-18)21(22,23)24/h3-9,12-13H,10-11H2,1-2H3. The minimum absolute atomic E-state index is 0.125. The number of benzene rings is 2. The average Bonchev–Trinajstić information content (AvgIpc) is 2.67. The third kappa shape index (κ3) is 5.76. The van der Waals surface area contributed by atoms with E-state index in [4.69, 9.17) is 0 Å². The number of anilines is 1. The van der Waals surface area contributed by atoms with Gasteiger partial charge in [-0.25, -0.2) is 12.7 Å². The predicted molar refractivity (Wildman–Crippen MR) is 116 cm³/mol. The van der Waals surface area contributed by atoms with Gasteiger partial charge in [-0.05, 0) is 49.4 Å². The van der Waals surface area contributed by atoms with Gasteiger partial charge >= 0.3 is 6.18 Å². The molecule has 0 N–H and O–H groups in total. The molecule has 1 amide bonds. The molecule has 0 bridgehead atoms. The second-order valence-electron chi connectivity index (χ2n) is 6.87. The zero-order valence-electron chi connectivity index (χ0n) is 16.7. The summed E-state index contributed by atoms with van der Waals surface area (Å²) in [6, 6.07) is 13.1. The van der Waals surface area contributed by atoms with E-state index < -0.39 is 27.7 Å². The van der Waals surface area contributed by atoms with Crippen LogP contribution < -0.4 is 4.31 Å². The molecule has 3 aromatic rings. The minimum Gasteiger partial charge on any atom is -0.273 e. The third-order valence-corrected chi connectivity index (χ3v) is 6.42. The molecule has 0 radical (unpaired) electrons. The number of hydrogen-bond donors (Lipinski definition) is 0. The second kappa shape index (κ2) is 8.88. The first-order chi connectivity index (χ1) is 14.4. The lowest BCUT2D eigenvalue weighted by atomic mass is 10.2. The number of thioether (sulfide) groups is 1. The van der Waals surface area contributed by atoms with Crippen LogP contribution in [-0.2, 0) is 21.0 Å². The van der Waals surface area contributed by atoms with E-state index in [0.29, 0.717) is 15.8 Å². The van der Waals surface area contributed by atoms with E-state index in [1.54, 1.807) is 24.3 Å². The number of carbonyl (C=O) groups excluding carboxylic acids is 1. The number of nitrogens with zero attached hydrogens (tertiary/aromatic N) is 2. The van der Waals surface area contributed by atoms with Gasteiger partial charge in [0.05, 0.1) is 23.0 Å². The molecule has 0 saturated heterocycles. The molecule has 0 saturated carbocycles. The van der Waals surface area contributed by atoms with Crippen LogP contribution in [0.15, 0.2) is 59.5 Å². The molecule has 31 heavy (non-hydrogen) atoms. The first kappa shape index (κ1) is 23.1. The highest BCUT2D eigenvalue weighted by Gasteiger charge is 2.30. The van der Waals surface area contributed by atoms with E-state index in [9.17, 15) is 26.4 Å². The molecule has 0 fully saturated rings. The van der Waals surface area contributed by atoms with Gasteiger partial charge in [-0.3, -0.25) is 9.78 Å². The number of fused-ring (bicyclic) bond motifs is 1. The molecule has 1 heterocycles. The van der Waals surface area contributed by atoms with Crippen molar-refractivity contribution in [1.82, 2.24) is 4.98 Å². The summed E-state index contributed by atoms with van der Waals surface area (Å²) in [5.41, 5.74) is 0.893. The van der Waals surface area contributed by atoms with Gasteiger partial charge in [-0.2, -0.15) is 13.2 Å². The maximum Gasteiger partial charge on any atom is 0.416 e. The monoisotopic (exact) mass is 468 g/mol. The maximum absolute atomic E-state index is 12.8. The van der Waals surface area contributed by atoms with Gasteiger partial charge in [0.1, 0.15) is 0 Å². The summed E-state index contributed by atoms with van der Waals surface area (Å²) in [7, 11) is -3.91. The first-order valence-corrected chi connectivity index (χ1v) is 12.0. The second-order valence-corrected chi connectivity index (χ2v) is 9.87. The van der Waals surface area contributed by atoms with Gasteiger partial charge in [-0.15, -0.1) is 11.8 Å². The molecule has 0 atom stereocenters. The fourth-order valence-corrected chi connectivity index (χ4v) is 4.84. The van der Waals surface area contributed by atoms with Crippen molar-refractivity contribution in [2.24, 2.45) is 0 Å². The van der Waals surface area contributed by atoms with E-state index in [1.165, 1.54) is 18.2 Å². The highest BCUT2D eigenvalue weighted by molar-refractivity contribution is 7.99. The van der Waals surface area contributed by atoms with Crippen LogP contribution >= 0.6 is 11.8 Å². The number of amides is 1. The van der Waals surface area contributed by atoms with Gasteiger partial charge < -0.3 is 0 Å². The van der Waals surface area contributed by atoms with Crippen LogP contribution in [0.1, 0.15) is 17.7 Å². The Morgan fingerprint density at radius 1 is 1.10 bits per heavy atom. The van der Waals surface area contributed by atoms with Crippen LogP contribution in [0, 0.1) is 6.92 Å². The van der Waals surface area contributed by atoms with Crippen molar-refractivity contribution in [1.29, 1.82) is 0 Å². The fourth-order valence-electron chi connectivity index (χ4n) is 2.98. The summed E-state index contributed by atoms with van der Waals surface area (Å²) in [5, 5.41) is 0.683. The predicted octanol–water partition coefficient (Wildman–Crippen LogP) is 5.04. The number of carbonyl (C=O) groups is 1. The number of alkyl halides is 3. The Morgan fingerprint density at radius 2 is 1.84 bits per heavy atom. The quantitative estimate of drug-likeness (QED) is 0.475. The Labute approximate surface area is 182 Å². The lowest BCUT2D eigenvalue weighted by Gasteiger charge is -2.21. The lowest BCUT2D eigenvalue weighted by Crippen LogP contribution is -2.36. The SMILES string of the molecule is Cc1ccc2cc(N(C(=O)CCSc3cccc(C(F)(F)F)c3)S(C)(=O)=O)ccc2n1. The van der Waals surface area contributed by atoms with Crippen molar-refractivity contribution in [3.8, 4) is 0 Å². The topological polar surface area (TPSA) is 67.3 Å². The first-order valence-electron chi connectivity index (χ1n) is 9.16. The Balaban J connectivity index is 1.77. The molecule has 10 heteroatoms. The molecule has 0 unspecified atom stereocenters. The highest BCUT2D eigenvalue weighted by atomic mass is 32.2. The molecule has 3 rings (SSSR count). The number of aryl methyl sites for hydroxylation is 1. The van der Waals surface area contributed by atoms with Gasteiger partial charge in [-0.1, -0.05) is 12.1 Å². The van der Waals surface area contributed by atoms with Crippen molar-refractivity contribution in [2.75, 3.05) is 16.3 Å². The maximum atomic E-state index is 12.8. The summed E-state index contributed by atoms with van der Waals surface area (Å²) in [6.07, 6.45) is -3.69. The molecule has 2 aromatic carbocycles. The van der Waals surface area contributed by atoms with Gasteiger partial charge in [0.15, 0.2) is 0 Å². The molecule has 164 valence electrons. The Bertz CT molecular complexity index is 1230. The fraction of sp³-hybridized carbons (Fsp3) is 0.238. The van der Waals surface area contributed by atoms with Crippen molar-refractivity contribution in [3.63, 3.8) is 0 Å². The van der Waals surface area contributed by atoms with E-state index in [2.05, 4.69) is 4.98 Å². The molecule has 5 nitrogen and oxygen atoms in total. The van der Waals surface area contributed by atoms with E-state index in [1.807, 2.05) is 6.92 Å². The largest absolute Gasteiger partial charge is 0.416 e. The van der Waals surface area contributed by atoms with Gasteiger partial charge in [0.2, 0.25) is 15.9 Å². The molecule has 1 aromatic heterocycles. The van der Waals surface area contributed by atoms with Gasteiger partial charge in [0.25, 0.3) is 0 Å². The van der Waals surface area contributed by atoms with Crippen LogP contribution in [-0.4, -0.2) is 31.3 Å². The average molecular weight is 469 g/mol. The molecule has 0 aliphatic heterocycles. The van der Waals surface area contributed by atoms with Gasteiger partial charge in [0, 0.05) is 28.1 Å². The lowest BCUT2D eigenvalue weighted by molar-refractivity contribution is -0.137. The highest BCUT2D eigenvalue weighted by Crippen LogP contribution is 2.32. The Morgan fingerprint density at radius 3 is 2.52 bits per heavy atom. The number of aromatic nitrogens is 1. The van der Waals surface area contributed by atoms with Crippen molar-refractivity contribution >= 4 is 44.3 Å². The Hall–Kier alpha value is -2.59. The summed E-state index contributed by atoms with van der Waals surface area (Å²) in [6.45, 7) is 1.84. The number of pyridine rings is 1. The smallest absolute Gasteiger partial charge is 0.273 e.